The minimum Gasteiger partial charge on any atom is -0.451 e. The molecule has 26 heavy (non-hydrogen) atoms. The molecule has 0 atom stereocenters. The molecule has 1 N–H and O–H groups in total. The van der Waals surface area contributed by atoms with Gasteiger partial charge in [-0.2, -0.15) is 13.2 Å². The lowest BCUT2D eigenvalue weighted by Crippen LogP contribution is -2.15. The van der Waals surface area contributed by atoms with E-state index in [9.17, 15) is 22.8 Å². The Morgan fingerprint density at radius 3 is 2.58 bits per heavy atom. The molecular formula is C18H11ClF3NO3. The summed E-state index contributed by atoms with van der Waals surface area (Å²) in [6.45, 7) is 1.71. The Hall–Kier alpha value is -2.80. The Labute approximate surface area is 150 Å². The van der Waals surface area contributed by atoms with Gasteiger partial charge in [0.05, 0.1) is 10.9 Å². The van der Waals surface area contributed by atoms with Crippen molar-refractivity contribution < 1.29 is 22.4 Å². The fraction of sp³-hybridized carbons (Fsp3) is 0.111. The van der Waals surface area contributed by atoms with Crippen molar-refractivity contribution in [3.8, 4) is 0 Å². The average molecular weight is 382 g/mol. The maximum Gasteiger partial charge on any atom is 0.416 e. The Balaban J connectivity index is 1.96. The molecule has 1 aromatic heterocycles. The second kappa shape index (κ2) is 6.49. The highest BCUT2D eigenvalue weighted by molar-refractivity contribution is 6.32. The van der Waals surface area contributed by atoms with Crippen LogP contribution in [0.3, 0.4) is 0 Å². The predicted octanol–water partition coefficient (Wildman–Crippen LogP) is 5.03. The van der Waals surface area contributed by atoms with Crippen molar-refractivity contribution in [2.75, 3.05) is 5.32 Å². The standard InChI is InChI=1S/C18H11ClF3NO3/c1-9-5-15-12(7-13(9)19)14(24)8-16(26-15)17(25)23-11-4-2-3-10(6-11)18(20,21)22/h2-8H,1H3,(H,23,25). The fourth-order valence-electron chi connectivity index (χ4n) is 2.35. The van der Waals surface area contributed by atoms with Gasteiger partial charge >= 0.3 is 6.18 Å². The number of hydrogen-bond acceptors (Lipinski definition) is 3. The van der Waals surface area contributed by atoms with Gasteiger partial charge < -0.3 is 9.73 Å². The molecule has 3 aromatic rings. The lowest BCUT2D eigenvalue weighted by Gasteiger charge is -2.10. The molecule has 1 amide bonds. The Morgan fingerprint density at radius 2 is 1.88 bits per heavy atom. The molecular weight excluding hydrogens is 371 g/mol. The first-order chi connectivity index (χ1) is 12.1. The molecule has 0 radical (unpaired) electrons. The number of alkyl halides is 3. The zero-order valence-corrected chi connectivity index (χ0v) is 14.0. The number of hydrogen-bond donors (Lipinski definition) is 1. The number of fused-ring (bicyclic) bond motifs is 1. The summed E-state index contributed by atoms with van der Waals surface area (Å²) in [7, 11) is 0. The summed E-state index contributed by atoms with van der Waals surface area (Å²) < 4.78 is 43.6. The number of rotatable bonds is 2. The van der Waals surface area contributed by atoms with Crippen molar-refractivity contribution in [3.63, 3.8) is 0 Å². The molecule has 0 fully saturated rings. The second-order valence-corrected chi connectivity index (χ2v) is 6.01. The van der Waals surface area contributed by atoms with Gasteiger partial charge in [-0.1, -0.05) is 17.7 Å². The number of nitrogens with one attached hydrogen (secondary N) is 1. The summed E-state index contributed by atoms with van der Waals surface area (Å²) in [6, 6.07) is 8.07. The lowest BCUT2D eigenvalue weighted by molar-refractivity contribution is -0.137. The third kappa shape index (κ3) is 3.57. The highest BCUT2D eigenvalue weighted by Crippen LogP contribution is 2.30. The van der Waals surface area contributed by atoms with E-state index < -0.39 is 23.1 Å². The van der Waals surface area contributed by atoms with Crippen LogP contribution in [0.2, 0.25) is 5.02 Å². The van der Waals surface area contributed by atoms with E-state index in [0.717, 1.165) is 18.2 Å². The zero-order valence-electron chi connectivity index (χ0n) is 13.3. The lowest BCUT2D eigenvalue weighted by atomic mass is 10.1. The molecule has 0 aliphatic heterocycles. The van der Waals surface area contributed by atoms with Crippen molar-refractivity contribution in [1.82, 2.24) is 0 Å². The maximum atomic E-state index is 12.7. The second-order valence-electron chi connectivity index (χ2n) is 5.61. The Kier molecular flexibility index (Phi) is 4.50. The van der Waals surface area contributed by atoms with E-state index >= 15 is 0 Å². The number of amides is 1. The SMILES string of the molecule is Cc1cc2oc(C(=O)Nc3cccc(C(F)(F)F)c3)cc(=O)c2cc1Cl. The zero-order chi connectivity index (χ0) is 19.1. The van der Waals surface area contributed by atoms with E-state index in [4.69, 9.17) is 16.0 Å². The highest BCUT2D eigenvalue weighted by atomic mass is 35.5. The average Bonchev–Trinajstić information content (AvgIpc) is 2.56. The van der Waals surface area contributed by atoms with Crippen LogP contribution in [0, 0.1) is 6.92 Å². The molecule has 0 unspecified atom stereocenters. The quantitative estimate of drug-likeness (QED) is 0.677. The predicted molar refractivity (Wildman–Crippen MR) is 91.6 cm³/mol. The van der Waals surface area contributed by atoms with Gasteiger partial charge in [0.15, 0.2) is 11.2 Å². The van der Waals surface area contributed by atoms with Crippen molar-refractivity contribution in [2.45, 2.75) is 13.1 Å². The van der Waals surface area contributed by atoms with Gasteiger partial charge in [-0.3, -0.25) is 9.59 Å². The summed E-state index contributed by atoms with van der Waals surface area (Å²) in [5, 5.41) is 2.88. The number of carbonyl (C=O) groups excluding carboxylic acids is 1. The third-order valence-electron chi connectivity index (χ3n) is 3.68. The number of aryl methyl sites for hydroxylation is 1. The van der Waals surface area contributed by atoms with Crippen LogP contribution in [0.4, 0.5) is 18.9 Å². The summed E-state index contributed by atoms with van der Waals surface area (Å²) in [4.78, 5) is 24.4. The van der Waals surface area contributed by atoms with Gasteiger partial charge in [0.2, 0.25) is 0 Å². The van der Waals surface area contributed by atoms with E-state index in [1.54, 1.807) is 6.92 Å². The van der Waals surface area contributed by atoms with Gasteiger partial charge in [-0.05, 0) is 42.8 Å². The normalized spacial score (nSPS) is 11.6. The molecule has 0 spiro atoms. The summed E-state index contributed by atoms with van der Waals surface area (Å²) in [5.74, 6) is -1.16. The van der Waals surface area contributed by atoms with Crippen LogP contribution in [0.25, 0.3) is 11.0 Å². The molecule has 0 aliphatic rings. The van der Waals surface area contributed by atoms with Crippen LogP contribution in [0.5, 0.6) is 0 Å². The van der Waals surface area contributed by atoms with Gasteiger partial charge in [0.1, 0.15) is 5.58 Å². The monoisotopic (exact) mass is 381 g/mol. The molecule has 2 aromatic carbocycles. The van der Waals surface area contributed by atoms with Crippen LogP contribution in [-0.2, 0) is 6.18 Å². The molecule has 3 rings (SSSR count). The molecule has 0 saturated heterocycles. The third-order valence-corrected chi connectivity index (χ3v) is 4.09. The smallest absolute Gasteiger partial charge is 0.416 e. The molecule has 0 bridgehead atoms. The maximum absolute atomic E-state index is 12.7. The number of anilines is 1. The van der Waals surface area contributed by atoms with E-state index in [2.05, 4.69) is 5.32 Å². The molecule has 8 heteroatoms. The first kappa shape index (κ1) is 18.0. The van der Waals surface area contributed by atoms with E-state index in [1.165, 1.54) is 24.3 Å². The summed E-state index contributed by atoms with van der Waals surface area (Å²) >= 11 is 5.97. The van der Waals surface area contributed by atoms with Gasteiger partial charge in [0.25, 0.3) is 5.91 Å². The minimum atomic E-state index is -4.53. The van der Waals surface area contributed by atoms with Gasteiger partial charge in [-0.25, -0.2) is 0 Å². The topological polar surface area (TPSA) is 59.3 Å². The van der Waals surface area contributed by atoms with Crippen LogP contribution in [0.15, 0.2) is 51.7 Å². The first-order valence-corrected chi connectivity index (χ1v) is 7.75. The van der Waals surface area contributed by atoms with Gasteiger partial charge in [-0.15, -0.1) is 0 Å². The summed E-state index contributed by atoms with van der Waals surface area (Å²) in [6.07, 6.45) is -4.53. The number of benzene rings is 2. The van der Waals surface area contributed by atoms with Crippen LogP contribution in [-0.4, -0.2) is 5.91 Å². The van der Waals surface area contributed by atoms with Crippen LogP contribution < -0.4 is 10.7 Å². The van der Waals surface area contributed by atoms with Crippen LogP contribution >= 0.6 is 11.6 Å². The Morgan fingerprint density at radius 1 is 1.15 bits per heavy atom. The van der Waals surface area contributed by atoms with Gasteiger partial charge in [0, 0.05) is 16.8 Å². The molecule has 4 nitrogen and oxygen atoms in total. The fourth-order valence-corrected chi connectivity index (χ4v) is 2.52. The highest BCUT2D eigenvalue weighted by Gasteiger charge is 2.30. The van der Waals surface area contributed by atoms with Crippen LogP contribution in [0.1, 0.15) is 21.7 Å². The van der Waals surface area contributed by atoms with E-state index in [1.807, 2.05) is 0 Å². The number of carbonyl (C=O) groups is 1. The number of halogens is 4. The molecule has 1 heterocycles. The van der Waals surface area contributed by atoms with Crippen molar-refractivity contribution in [1.29, 1.82) is 0 Å². The molecule has 134 valence electrons. The minimum absolute atomic E-state index is 0.0696. The largest absolute Gasteiger partial charge is 0.451 e. The summed E-state index contributed by atoms with van der Waals surface area (Å²) in [5.41, 5.74) is -0.644. The first-order valence-electron chi connectivity index (χ1n) is 7.38. The van der Waals surface area contributed by atoms with Crippen molar-refractivity contribution in [2.24, 2.45) is 0 Å². The van der Waals surface area contributed by atoms with Crippen molar-refractivity contribution >= 4 is 34.2 Å². The molecule has 0 aliphatic carbocycles. The molecule has 0 saturated carbocycles. The van der Waals surface area contributed by atoms with Crippen molar-refractivity contribution in [3.05, 3.63) is 74.6 Å². The Bertz CT molecular complexity index is 1070. The van der Waals surface area contributed by atoms with E-state index in [0.29, 0.717) is 10.6 Å². The van der Waals surface area contributed by atoms with E-state index in [-0.39, 0.29) is 22.4 Å².